The second kappa shape index (κ2) is 7.43. The van der Waals surface area contributed by atoms with Crippen LogP contribution in [0.3, 0.4) is 0 Å². The first-order valence-electron chi connectivity index (χ1n) is 8.51. The van der Waals surface area contributed by atoms with Crippen LogP contribution in [0.15, 0.2) is 46.2 Å². The van der Waals surface area contributed by atoms with Gasteiger partial charge < -0.3 is 0 Å². The summed E-state index contributed by atoms with van der Waals surface area (Å²) < 4.78 is 55.8. The first-order chi connectivity index (χ1) is 13.0. The third kappa shape index (κ3) is 4.35. The van der Waals surface area contributed by atoms with Crippen molar-refractivity contribution >= 4 is 46.7 Å². The zero-order valence-electron chi connectivity index (χ0n) is 15.8. The van der Waals surface area contributed by atoms with E-state index in [1.54, 1.807) is 39.0 Å². The lowest BCUT2D eigenvalue weighted by molar-refractivity contribution is 0.570. The maximum atomic E-state index is 12.7. The van der Waals surface area contributed by atoms with Gasteiger partial charge in [-0.1, -0.05) is 23.5 Å². The number of anilines is 1. The van der Waals surface area contributed by atoms with Crippen LogP contribution in [-0.2, 0) is 20.0 Å². The lowest BCUT2D eigenvalue weighted by Gasteiger charge is -2.09. The number of thiazole rings is 1. The molecule has 0 amide bonds. The molecular weight excluding hydrogens is 418 g/mol. The Morgan fingerprint density at radius 1 is 0.964 bits per heavy atom. The monoisotopic (exact) mass is 439 g/mol. The van der Waals surface area contributed by atoms with Gasteiger partial charge >= 0.3 is 0 Å². The molecule has 1 heterocycles. The van der Waals surface area contributed by atoms with E-state index in [9.17, 15) is 16.8 Å². The average molecular weight is 440 g/mol. The molecule has 28 heavy (non-hydrogen) atoms. The second-order valence-electron chi connectivity index (χ2n) is 6.80. The van der Waals surface area contributed by atoms with Crippen LogP contribution in [0.4, 0.5) is 5.13 Å². The van der Waals surface area contributed by atoms with Gasteiger partial charge in [0.25, 0.3) is 10.0 Å². The number of aryl methyl sites for hydroxylation is 2. The van der Waals surface area contributed by atoms with Crippen LogP contribution < -0.4 is 9.44 Å². The summed E-state index contributed by atoms with van der Waals surface area (Å²) in [5.74, 6) is 0. The number of nitrogens with one attached hydrogen (secondary N) is 2. The standard InChI is InChI=1S/C18H21N3O4S3/c1-11(2)20-27(22,23)14-7-8-15-16(10-14)26-18(19-15)21-28(24,25)17-9-12(3)5-6-13(17)4/h5-11,20H,1-4H3,(H,19,21). The van der Waals surface area contributed by atoms with Crippen LogP contribution in [0.1, 0.15) is 25.0 Å². The third-order valence-corrected chi connectivity index (χ3v) is 8.12. The fourth-order valence-corrected chi connectivity index (χ4v) is 6.48. The van der Waals surface area contributed by atoms with Gasteiger partial charge in [-0.25, -0.2) is 26.5 Å². The number of nitrogens with zero attached hydrogens (tertiary/aromatic N) is 1. The molecule has 2 N–H and O–H groups in total. The van der Waals surface area contributed by atoms with Gasteiger partial charge in [-0.3, -0.25) is 4.72 Å². The van der Waals surface area contributed by atoms with Crippen molar-refractivity contribution in [1.29, 1.82) is 0 Å². The Morgan fingerprint density at radius 3 is 2.36 bits per heavy atom. The molecule has 7 nitrogen and oxygen atoms in total. The van der Waals surface area contributed by atoms with Crippen molar-refractivity contribution in [3.63, 3.8) is 0 Å². The highest BCUT2D eigenvalue weighted by Gasteiger charge is 2.20. The molecule has 3 aromatic rings. The molecule has 0 bridgehead atoms. The van der Waals surface area contributed by atoms with Gasteiger partial charge in [0.05, 0.1) is 20.0 Å². The summed E-state index contributed by atoms with van der Waals surface area (Å²) in [5, 5.41) is 0.183. The number of rotatable bonds is 6. The van der Waals surface area contributed by atoms with Crippen LogP contribution in [0.2, 0.25) is 0 Å². The summed E-state index contributed by atoms with van der Waals surface area (Å²) in [6, 6.07) is 9.48. The molecule has 150 valence electrons. The highest BCUT2D eigenvalue weighted by atomic mass is 32.2. The van der Waals surface area contributed by atoms with Crippen molar-refractivity contribution < 1.29 is 16.8 Å². The summed E-state index contributed by atoms with van der Waals surface area (Å²) in [6.45, 7) is 7.03. The quantitative estimate of drug-likeness (QED) is 0.612. The fraction of sp³-hybridized carbons (Fsp3) is 0.278. The van der Waals surface area contributed by atoms with Crippen molar-refractivity contribution in [2.24, 2.45) is 0 Å². The Labute approximate surface area is 168 Å². The number of aromatic nitrogens is 1. The van der Waals surface area contributed by atoms with Gasteiger partial charge in [0.2, 0.25) is 10.0 Å². The number of hydrogen-bond acceptors (Lipinski definition) is 6. The third-order valence-electron chi connectivity index (χ3n) is 3.92. The van der Waals surface area contributed by atoms with Gasteiger partial charge in [0, 0.05) is 6.04 Å². The van der Waals surface area contributed by atoms with E-state index in [0.29, 0.717) is 15.8 Å². The van der Waals surface area contributed by atoms with E-state index in [-0.39, 0.29) is 21.0 Å². The zero-order valence-corrected chi connectivity index (χ0v) is 18.3. The maximum Gasteiger partial charge on any atom is 0.263 e. The Kier molecular flexibility index (Phi) is 5.50. The minimum absolute atomic E-state index is 0.112. The highest BCUT2D eigenvalue weighted by molar-refractivity contribution is 7.93. The lowest BCUT2D eigenvalue weighted by Crippen LogP contribution is -2.30. The first kappa shape index (κ1) is 20.7. The minimum atomic E-state index is -3.80. The van der Waals surface area contributed by atoms with Crippen LogP contribution in [0.25, 0.3) is 10.2 Å². The molecule has 10 heteroatoms. The zero-order chi connectivity index (χ0) is 20.7. The Hall–Kier alpha value is -2.01. The molecule has 1 aromatic heterocycles. The first-order valence-corrected chi connectivity index (χ1v) is 12.3. The lowest BCUT2D eigenvalue weighted by atomic mass is 10.2. The molecule has 0 saturated heterocycles. The van der Waals surface area contributed by atoms with Crippen molar-refractivity contribution in [1.82, 2.24) is 9.71 Å². The number of hydrogen-bond donors (Lipinski definition) is 2. The topological polar surface area (TPSA) is 105 Å². The molecule has 0 spiro atoms. The molecule has 0 saturated carbocycles. The maximum absolute atomic E-state index is 12.7. The Balaban J connectivity index is 1.96. The predicted molar refractivity (Wildman–Crippen MR) is 112 cm³/mol. The van der Waals surface area contributed by atoms with Gasteiger partial charge in [-0.15, -0.1) is 0 Å². The van der Waals surface area contributed by atoms with Crippen LogP contribution in [0.5, 0.6) is 0 Å². The summed E-state index contributed by atoms with van der Waals surface area (Å²) in [7, 11) is -7.44. The molecule has 0 unspecified atom stereocenters. The smallest absolute Gasteiger partial charge is 0.255 e. The molecule has 2 aromatic carbocycles. The minimum Gasteiger partial charge on any atom is -0.255 e. The van der Waals surface area contributed by atoms with E-state index in [4.69, 9.17) is 0 Å². The molecule has 0 radical (unpaired) electrons. The van der Waals surface area contributed by atoms with Gasteiger partial charge in [0.15, 0.2) is 5.13 Å². The van der Waals surface area contributed by atoms with Crippen LogP contribution >= 0.6 is 11.3 Å². The number of sulfonamides is 2. The van der Waals surface area contributed by atoms with E-state index in [0.717, 1.165) is 16.9 Å². The van der Waals surface area contributed by atoms with Gasteiger partial charge in [0.1, 0.15) is 0 Å². The molecule has 0 aliphatic heterocycles. The molecular formula is C18H21N3O4S3. The van der Waals surface area contributed by atoms with E-state index in [2.05, 4.69) is 14.4 Å². The Bertz CT molecular complexity index is 1250. The van der Waals surface area contributed by atoms with Crippen molar-refractivity contribution in [3.05, 3.63) is 47.5 Å². The van der Waals surface area contributed by atoms with E-state index in [1.165, 1.54) is 12.1 Å². The van der Waals surface area contributed by atoms with E-state index >= 15 is 0 Å². The molecule has 0 aliphatic carbocycles. The summed E-state index contributed by atoms with van der Waals surface area (Å²) >= 11 is 1.08. The van der Waals surface area contributed by atoms with E-state index < -0.39 is 20.0 Å². The fourth-order valence-electron chi connectivity index (χ4n) is 2.66. The van der Waals surface area contributed by atoms with Crippen molar-refractivity contribution in [3.8, 4) is 0 Å². The molecule has 0 aliphatic rings. The second-order valence-corrected chi connectivity index (χ2v) is 11.2. The van der Waals surface area contributed by atoms with E-state index in [1.807, 2.05) is 13.0 Å². The largest absolute Gasteiger partial charge is 0.263 e. The summed E-state index contributed by atoms with van der Waals surface area (Å²) in [6.07, 6.45) is 0. The summed E-state index contributed by atoms with van der Waals surface area (Å²) in [5.41, 5.74) is 1.99. The van der Waals surface area contributed by atoms with Crippen molar-refractivity contribution in [2.75, 3.05) is 4.72 Å². The van der Waals surface area contributed by atoms with Gasteiger partial charge in [-0.2, -0.15) is 0 Å². The number of fused-ring (bicyclic) bond motifs is 1. The predicted octanol–water partition coefficient (Wildman–Crippen LogP) is 3.40. The molecule has 0 atom stereocenters. The normalized spacial score (nSPS) is 12.6. The van der Waals surface area contributed by atoms with Crippen LogP contribution in [0, 0.1) is 13.8 Å². The SMILES string of the molecule is Cc1ccc(C)c(S(=O)(=O)Nc2nc3ccc(S(=O)(=O)NC(C)C)cc3s2)c1. The van der Waals surface area contributed by atoms with Crippen LogP contribution in [-0.4, -0.2) is 27.9 Å². The highest BCUT2D eigenvalue weighted by Crippen LogP contribution is 2.30. The molecule has 0 fully saturated rings. The number of benzene rings is 2. The van der Waals surface area contributed by atoms with Gasteiger partial charge in [-0.05, 0) is 63.1 Å². The Morgan fingerprint density at radius 2 is 1.68 bits per heavy atom. The van der Waals surface area contributed by atoms with Crippen molar-refractivity contribution in [2.45, 2.75) is 43.5 Å². The average Bonchev–Trinajstić information content (AvgIpc) is 2.96. The molecule has 3 rings (SSSR count). The summed E-state index contributed by atoms with van der Waals surface area (Å²) in [4.78, 5) is 4.58.